The van der Waals surface area contributed by atoms with Crippen molar-refractivity contribution in [3.8, 4) is 5.75 Å². The Bertz CT molecular complexity index is 724. The number of nitrogens with zero attached hydrogens (tertiary/aromatic N) is 2. The summed E-state index contributed by atoms with van der Waals surface area (Å²) in [7, 11) is 0. The SMILES string of the molecule is CCN(c1ccc(C(C)C)c(OC(C)C)c1)c1ccc(C(=O)O)cn1. The molecule has 2 aromatic rings. The van der Waals surface area contributed by atoms with Crippen molar-refractivity contribution in [2.75, 3.05) is 11.4 Å². The minimum Gasteiger partial charge on any atom is -0.491 e. The van der Waals surface area contributed by atoms with Crippen LogP contribution in [0.2, 0.25) is 0 Å². The predicted molar refractivity (Wildman–Crippen MR) is 100 cm³/mol. The molecule has 0 aliphatic rings. The Labute approximate surface area is 149 Å². The first-order valence-corrected chi connectivity index (χ1v) is 8.61. The maximum absolute atomic E-state index is 11.0. The average Bonchev–Trinajstić information content (AvgIpc) is 2.55. The van der Waals surface area contributed by atoms with Crippen LogP contribution in [0.4, 0.5) is 11.5 Å². The number of rotatable bonds is 7. The Morgan fingerprint density at radius 1 is 1.20 bits per heavy atom. The first-order chi connectivity index (χ1) is 11.8. The van der Waals surface area contributed by atoms with Gasteiger partial charge < -0.3 is 14.7 Å². The summed E-state index contributed by atoms with van der Waals surface area (Å²) in [4.78, 5) is 17.3. The first kappa shape index (κ1) is 18.8. The Hall–Kier alpha value is -2.56. The molecule has 1 aromatic heterocycles. The lowest BCUT2D eigenvalue weighted by Crippen LogP contribution is -2.18. The van der Waals surface area contributed by atoms with Crippen LogP contribution in [0.1, 0.15) is 56.5 Å². The van der Waals surface area contributed by atoms with E-state index in [9.17, 15) is 4.79 Å². The van der Waals surface area contributed by atoms with E-state index in [-0.39, 0.29) is 11.7 Å². The molecule has 0 atom stereocenters. The molecule has 1 N–H and O–H groups in total. The highest BCUT2D eigenvalue weighted by atomic mass is 16.5. The van der Waals surface area contributed by atoms with Gasteiger partial charge in [-0.25, -0.2) is 9.78 Å². The second kappa shape index (κ2) is 8.01. The average molecular weight is 342 g/mol. The third-order valence-corrected chi connectivity index (χ3v) is 3.88. The summed E-state index contributed by atoms with van der Waals surface area (Å²) >= 11 is 0. The van der Waals surface area contributed by atoms with Gasteiger partial charge in [0.2, 0.25) is 0 Å². The fourth-order valence-electron chi connectivity index (χ4n) is 2.67. The van der Waals surface area contributed by atoms with Crippen molar-refractivity contribution in [1.82, 2.24) is 4.98 Å². The molecule has 0 radical (unpaired) electrons. The summed E-state index contributed by atoms with van der Waals surface area (Å²) in [6, 6.07) is 9.48. The number of anilines is 2. The molecule has 0 bridgehead atoms. The molecule has 0 spiro atoms. The van der Waals surface area contributed by atoms with E-state index in [1.807, 2.05) is 31.7 Å². The van der Waals surface area contributed by atoms with E-state index in [1.54, 1.807) is 12.1 Å². The Morgan fingerprint density at radius 2 is 1.92 bits per heavy atom. The van der Waals surface area contributed by atoms with E-state index in [0.29, 0.717) is 18.3 Å². The van der Waals surface area contributed by atoms with Gasteiger partial charge >= 0.3 is 5.97 Å². The Balaban J connectivity index is 2.41. The molecule has 1 heterocycles. The molecule has 5 heteroatoms. The van der Waals surface area contributed by atoms with Gasteiger partial charge in [0.1, 0.15) is 11.6 Å². The van der Waals surface area contributed by atoms with Gasteiger partial charge in [-0.3, -0.25) is 0 Å². The minimum atomic E-state index is -0.976. The molecule has 0 aliphatic heterocycles. The molecule has 0 saturated carbocycles. The van der Waals surface area contributed by atoms with E-state index in [2.05, 4.69) is 31.0 Å². The normalized spacial score (nSPS) is 11.0. The number of hydrogen-bond acceptors (Lipinski definition) is 4. The van der Waals surface area contributed by atoms with Gasteiger partial charge in [-0.05, 0) is 50.5 Å². The number of aromatic nitrogens is 1. The monoisotopic (exact) mass is 342 g/mol. The van der Waals surface area contributed by atoms with E-state index < -0.39 is 5.97 Å². The third-order valence-electron chi connectivity index (χ3n) is 3.88. The number of carboxylic acid groups (broad SMARTS) is 1. The molecule has 0 saturated heterocycles. The molecule has 1 aromatic carbocycles. The van der Waals surface area contributed by atoms with Crippen LogP contribution in [0, 0.1) is 0 Å². The minimum absolute atomic E-state index is 0.0933. The van der Waals surface area contributed by atoms with Crippen molar-refractivity contribution in [2.45, 2.75) is 46.6 Å². The molecular weight excluding hydrogens is 316 g/mol. The second-order valence-corrected chi connectivity index (χ2v) is 6.50. The van der Waals surface area contributed by atoms with E-state index in [0.717, 1.165) is 11.4 Å². The zero-order valence-electron chi connectivity index (χ0n) is 15.5. The van der Waals surface area contributed by atoms with Crippen LogP contribution in [0.3, 0.4) is 0 Å². The van der Waals surface area contributed by atoms with Crippen LogP contribution in [0.5, 0.6) is 5.75 Å². The van der Waals surface area contributed by atoms with Crippen molar-refractivity contribution >= 4 is 17.5 Å². The van der Waals surface area contributed by atoms with Crippen LogP contribution < -0.4 is 9.64 Å². The Morgan fingerprint density at radius 3 is 2.40 bits per heavy atom. The molecule has 2 rings (SSSR count). The van der Waals surface area contributed by atoms with Crippen LogP contribution in [-0.4, -0.2) is 28.7 Å². The van der Waals surface area contributed by atoms with Crippen LogP contribution in [0.25, 0.3) is 0 Å². The summed E-state index contributed by atoms with van der Waals surface area (Å²) in [6.45, 7) is 11.1. The predicted octanol–water partition coefficient (Wildman–Crippen LogP) is 4.85. The van der Waals surface area contributed by atoms with Crippen molar-refractivity contribution < 1.29 is 14.6 Å². The van der Waals surface area contributed by atoms with Gasteiger partial charge in [-0.1, -0.05) is 19.9 Å². The van der Waals surface area contributed by atoms with Crippen LogP contribution in [-0.2, 0) is 0 Å². The highest BCUT2D eigenvalue weighted by Crippen LogP contribution is 2.34. The lowest BCUT2D eigenvalue weighted by molar-refractivity contribution is 0.0696. The number of carboxylic acids is 1. The zero-order chi connectivity index (χ0) is 18.6. The second-order valence-electron chi connectivity index (χ2n) is 6.50. The topological polar surface area (TPSA) is 62.7 Å². The summed E-state index contributed by atoms with van der Waals surface area (Å²) in [6.07, 6.45) is 1.48. The largest absolute Gasteiger partial charge is 0.491 e. The smallest absolute Gasteiger partial charge is 0.337 e. The lowest BCUT2D eigenvalue weighted by Gasteiger charge is -2.25. The maximum Gasteiger partial charge on any atom is 0.337 e. The van der Waals surface area contributed by atoms with E-state index in [4.69, 9.17) is 9.84 Å². The number of benzene rings is 1. The van der Waals surface area contributed by atoms with Gasteiger partial charge in [-0.15, -0.1) is 0 Å². The standard InChI is InChI=1S/C20H26N2O3/c1-6-22(19-10-7-15(12-21-19)20(23)24)16-8-9-17(13(2)3)18(11-16)25-14(4)5/h7-14H,6H2,1-5H3,(H,23,24). The number of aromatic carboxylic acids is 1. The first-order valence-electron chi connectivity index (χ1n) is 8.61. The van der Waals surface area contributed by atoms with Crippen molar-refractivity contribution in [1.29, 1.82) is 0 Å². The van der Waals surface area contributed by atoms with E-state index >= 15 is 0 Å². The number of ether oxygens (including phenoxy) is 1. The number of carbonyl (C=O) groups is 1. The van der Waals surface area contributed by atoms with E-state index in [1.165, 1.54) is 11.8 Å². The molecule has 0 amide bonds. The van der Waals surface area contributed by atoms with Crippen molar-refractivity contribution in [3.63, 3.8) is 0 Å². The number of hydrogen-bond donors (Lipinski definition) is 1. The fraction of sp³-hybridized carbons (Fsp3) is 0.400. The highest BCUT2D eigenvalue weighted by Gasteiger charge is 2.15. The molecule has 5 nitrogen and oxygen atoms in total. The lowest BCUT2D eigenvalue weighted by atomic mass is 10.0. The van der Waals surface area contributed by atoms with Gasteiger partial charge in [0.15, 0.2) is 0 Å². The molecule has 25 heavy (non-hydrogen) atoms. The summed E-state index contributed by atoms with van der Waals surface area (Å²) in [5, 5.41) is 9.02. The third kappa shape index (κ3) is 4.50. The van der Waals surface area contributed by atoms with Crippen LogP contribution >= 0.6 is 0 Å². The Kier molecular flexibility index (Phi) is 6.02. The van der Waals surface area contributed by atoms with Gasteiger partial charge in [0.05, 0.1) is 11.7 Å². The van der Waals surface area contributed by atoms with Crippen molar-refractivity contribution in [2.24, 2.45) is 0 Å². The number of pyridine rings is 1. The maximum atomic E-state index is 11.0. The summed E-state index contributed by atoms with van der Waals surface area (Å²) < 4.78 is 6.00. The molecule has 134 valence electrons. The van der Waals surface area contributed by atoms with Crippen LogP contribution in [0.15, 0.2) is 36.5 Å². The molecular formula is C20H26N2O3. The quantitative estimate of drug-likeness (QED) is 0.779. The van der Waals surface area contributed by atoms with Gasteiger partial charge in [-0.2, -0.15) is 0 Å². The summed E-state index contributed by atoms with van der Waals surface area (Å²) in [5.41, 5.74) is 2.32. The summed E-state index contributed by atoms with van der Waals surface area (Å²) in [5.74, 6) is 0.977. The molecule has 0 unspecified atom stereocenters. The fourth-order valence-corrected chi connectivity index (χ4v) is 2.67. The molecule has 0 aliphatic carbocycles. The van der Waals surface area contributed by atoms with Gasteiger partial charge in [0.25, 0.3) is 0 Å². The zero-order valence-corrected chi connectivity index (χ0v) is 15.5. The van der Waals surface area contributed by atoms with Crippen molar-refractivity contribution in [3.05, 3.63) is 47.7 Å². The highest BCUT2D eigenvalue weighted by molar-refractivity contribution is 5.87. The van der Waals surface area contributed by atoms with Gasteiger partial charge in [0, 0.05) is 24.5 Å². The molecule has 0 fully saturated rings.